The number of ether oxygens (including phenoxy) is 1. The van der Waals surface area contributed by atoms with Crippen LogP contribution in [0.5, 0.6) is 5.75 Å². The van der Waals surface area contributed by atoms with Crippen molar-refractivity contribution in [1.29, 1.82) is 0 Å². The molecule has 0 fully saturated rings. The van der Waals surface area contributed by atoms with Crippen molar-refractivity contribution in [2.75, 3.05) is 18.0 Å². The maximum absolute atomic E-state index is 13.0. The largest absolute Gasteiger partial charge is 0.492 e. The van der Waals surface area contributed by atoms with Crippen LogP contribution in [0, 0.1) is 0 Å². The Labute approximate surface area is 142 Å². The molecule has 3 aromatic carbocycles. The number of sulfonamides is 1. The van der Waals surface area contributed by atoms with E-state index in [2.05, 4.69) is 0 Å². The summed E-state index contributed by atoms with van der Waals surface area (Å²) in [5, 5.41) is 1.90. The van der Waals surface area contributed by atoms with Crippen molar-refractivity contribution in [3.8, 4) is 5.75 Å². The Bertz CT molecular complexity index is 967. The predicted molar refractivity (Wildman–Crippen MR) is 97.1 cm³/mol. The minimum absolute atomic E-state index is 0.259. The van der Waals surface area contributed by atoms with E-state index in [1.807, 2.05) is 43.3 Å². The molecule has 0 saturated heterocycles. The summed E-state index contributed by atoms with van der Waals surface area (Å²) in [7, 11) is -2.13. The fourth-order valence-corrected chi connectivity index (χ4v) is 3.85. The van der Waals surface area contributed by atoms with E-state index in [0.29, 0.717) is 18.0 Å². The molecule has 5 heteroatoms. The highest BCUT2D eigenvalue weighted by Crippen LogP contribution is 2.31. The monoisotopic (exact) mass is 341 g/mol. The topological polar surface area (TPSA) is 46.6 Å². The first-order valence-corrected chi connectivity index (χ1v) is 9.17. The fraction of sp³-hybridized carbons (Fsp3) is 0.158. The molecule has 4 nitrogen and oxygen atoms in total. The molecule has 0 radical (unpaired) electrons. The standard InChI is InChI=1S/C19H19NO3S/c1-3-23-19-11-7-6-10-18(19)20(2)24(21,22)17-13-12-15-8-4-5-9-16(15)14-17/h4-14H,3H2,1-2H3. The average molecular weight is 341 g/mol. The van der Waals surface area contributed by atoms with E-state index in [0.717, 1.165) is 10.8 Å². The lowest BCUT2D eigenvalue weighted by molar-refractivity contribution is 0.341. The van der Waals surface area contributed by atoms with E-state index in [9.17, 15) is 8.42 Å². The fourth-order valence-electron chi connectivity index (χ4n) is 2.61. The Balaban J connectivity index is 2.05. The zero-order valence-electron chi connectivity index (χ0n) is 13.6. The Kier molecular flexibility index (Phi) is 4.44. The Morgan fingerprint density at radius 1 is 0.917 bits per heavy atom. The third-order valence-corrected chi connectivity index (χ3v) is 5.65. The van der Waals surface area contributed by atoms with Gasteiger partial charge in [0, 0.05) is 7.05 Å². The van der Waals surface area contributed by atoms with Crippen LogP contribution in [0.25, 0.3) is 10.8 Å². The number of para-hydroxylation sites is 2. The van der Waals surface area contributed by atoms with Crippen LogP contribution in [0.15, 0.2) is 71.6 Å². The summed E-state index contributed by atoms with van der Waals surface area (Å²) in [4.78, 5) is 0.259. The highest BCUT2D eigenvalue weighted by molar-refractivity contribution is 7.92. The van der Waals surface area contributed by atoms with Crippen LogP contribution in [0.1, 0.15) is 6.92 Å². The Morgan fingerprint density at radius 3 is 2.33 bits per heavy atom. The summed E-state index contributed by atoms with van der Waals surface area (Å²) in [6.45, 7) is 2.34. The lowest BCUT2D eigenvalue weighted by atomic mass is 10.1. The first kappa shape index (κ1) is 16.3. The van der Waals surface area contributed by atoms with Crippen LogP contribution < -0.4 is 9.04 Å². The number of nitrogens with zero attached hydrogens (tertiary/aromatic N) is 1. The number of hydrogen-bond acceptors (Lipinski definition) is 3. The van der Waals surface area contributed by atoms with E-state index in [4.69, 9.17) is 4.74 Å². The van der Waals surface area contributed by atoms with Crippen molar-refractivity contribution in [3.63, 3.8) is 0 Å². The van der Waals surface area contributed by atoms with Crippen LogP contribution in [-0.4, -0.2) is 22.1 Å². The highest BCUT2D eigenvalue weighted by atomic mass is 32.2. The van der Waals surface area contributed by atoms with Gasteiger partial charge in [-0.05, 0) is 42.0 Å². The van der Waals surface area contributed by atoms with Gasteiger partial charge in [0.1, 0.15) is 5.75 Å². The van der Waals surface area contributed by atoms with Crippen LogP contribution in [0.2, 0.25) is 0 Å². The summed E-state index contributed by atoms with van der Waals surface area (Å²) < 4.78 is 32.8. The van der Waals surface area contributed by atoms with Crippen LogP contribution in [0.4, 0.5) is 5.69 Å². The molecule has 0 amide bonds. The molecule has 3 rings (SSSR count). The zero-order chi connectivity index (χ0) is 17.2. The minimum Gasteiger partial charge on any atom is -0.492 e. The number of fused-ring (bicyclic) bond motifs is 1. The van der Waals surface area contributed by atoms with Gasteiger partial charge in [0.25, 0.3) is 10.0 Å². The number of anilines is 1. The normalized spacial score (nSPS) is 11.4. The number of hydrogen-bond donors (Lipinski definition) is 0. The second-order valence-corrected chi connectivity index (χ2v) is 7.35. The maximum Gasteiger partial charge on any atom is 0.264 e. The minimum atomic E-state index is -3.67. The summed E-state index contributed by atoms with van der Waals surface area (Å²) in [6, 6.07) is 20.0. The van der Waals surface area contributed by atoms with Crippen LogP contribution >= 0.6 is 0 Å². The van der Waals surface area contributed by atoms with Gasteiger partial charge in [0.15, 0.2) is 0 Å². The maximum atomic E-state index is 13.0. The van der Waals surface area contributed by atoms with Gasteiger partial charge in [-0.15, -0.1) is 0 Å². The smallest absolute Gasteiger partial charge is 0.264 e. The van der Waals surface area contributed by atoms with Crippen molar-refractivity contribution in [1.82, 2.24) is 0 Å². The van der Waals surface area contributed by atoms with E-state index in [-0.39, 0.29) is 4.90 Å². The molecule has 0 saturated carbocycles. The summed E-state index contributed by atoms with van der Waals surface area (Å²) in [6.07, 6.45) is 0. The Morgan fingerprint density at radius 2 is 1.58 bits per heavy atom. The molecular formula is C19H19NO3S. The zero-order valence-corrected chi connectivity index (χ0v) is 14.5. The summed E-state index contributed by atoms with van der Waals surface area (Å²) in [5.41, 5.74) is 0.521. The molecule has 0 aromatic heterocycles. The average Bonchev–Trinajstić information content (AvgIpc) is 2.61. The van der Waals surface area contributed by atoms with Crippen molar-refractivity contribution in [3.05, 3.63) is 66.7 Å². The lowest BCUT2D eigenvalue weighted by Crippen LogP contribution is -2.27. The molecular weight excluding hydrogens is 322 g/mol. The number of rotatable bonds is 5. The van der Waals surface area contributed by atoms with Crippen molar-refractivity contribution >= 4 is 26.5 Å². The van der Waals surface area contributed by atoms with Gasteiger partial charge >= 0.3 is 0 Å². The van der Waals surface area contributed by atoms with E-state index >= 15 is 0 Å². The van der Waals surface area contributed by atoms with Crippen LogP contribution in [-0.2, 0) is 10.0 Å². The number of benzene rings is 3. The molecule has 0 unspecified atom stereocenters. The molecule has 124 valence electrons. The molecule has 0 heterocycles. The molecule has 0 N–H and O–H groups in total. The van der Waals surface area contributed by atoms with Gasteiger partial charge in [0.2, 0.25) is 0 Å². The van der Waals surface area contributed by atoms with Crippen molar-refractivity contribution in [2.45, 2.75) is 11.8 Å². The second kappa shape index (κ2) is 6.53. The van der Waals surface area contributed by atoms with Gasteiger partial charge in [-0.3, -0.25) is 4.31 Å². The molecule has 24 heavy (non-hydrogen) atoms. The van der Waals surface area contributed by atoms with Gasteiger partial charge in [-0.2, -0.15) is 0 Å². The van der Waals surface area contributed by atoms with Crippen molar-refractivity contribution < 1.29 is 13.2 Å². The van der Waals surface area contributed by atoms with Gasteiger partial charge in [-0.25, -0.2) is 8.42 Å². The SMILES string of the molecule is CCOc1ccccc1N(C)S(=O)(=O)c1ccc2ccccc2c1. The Hall–Kier alpha value is -2.53. The molecule has 0 aliphatic carbocycles. The molecule has 0 bridgehead atoms. The lowest BCUT2D eigenvalue weighted by Gasteiger charge is -2.22. The van der Waals surface area contributed by atoms with E-state index < -0.39 is 10.0 Å². The van der Waals surface area contributed by atoms with E-state index in [1.54, 1.807) is 37.4 Å². The molecule has 0 atom stereocenters. The third-order valence-electron chi connectivity index (χ3n) is 3.88. The third kappa shape index (κ3) is 2.95. The second-order valence-electron chi connectivity index (χ2n) is 5.38. The molecule has 0 aliphatic rings. The molecule has 0 aliphatic heterocycles. The van der Waals surface area contributed by atoms with E-state index in [1.165, 1.54) is 4.31 Å². The summed E-state index contributed by atoms with van der Waals surface area (Å²) >= 11 is 0. The molecule has 3 aromatic rings. The first-order chi connectivity index (χ1) is 11.5. The van der Waals surface area contributed by atoms with Crippen molar-refractivity contribution in [2.24, 2.45) is 0 Å². The van der Waals surface area contributed by atoms with Gasteiger partial charge in [0.05, 0.1) is 17.2 Å². The quantitative estimate of drug-likeness (QED) is 0.703. The van der Waals surface area contributed by atoms with Gasteiger partial charge < -0.3 is 4.74 Å². The molecule has 0 spiro atoms. The van der Waals surface area contributed by atoms with Gasteiger partial charge in [-0.1, -0.05) is 42.5 Å². The summed E-state index contributed by atoms with van der Waals surface area (Å²) in [5.74, 6) is 0.548. The first-order valence-electron chi connectivity index (χ1n) is 7.73. The predicted octanol–water partition coefficient (Wildman–Crippen LogP) is 4.06. The van der Waals surface area contributed by atoms with Crippen LogP contribution in [0.3, 0.4) is 0 Å². The highest BCUT2D eigenvalue weighted by Gasteiger charge is 2.23.